The first kappa shape index (κ1) is 14.5. The van der Waals surface area contributed by atoms with Gasteiger partial charge in [-0.2, -0.15) is 0 Å². The molecule has 1 amide bonds. The molecule has 4 nitrogen and oxygen atoms in total. The molecule has 100 valence electrons. The summed E-state index contributed by atoms with van der Waals surface area (Å²) in [6.45, 7) is 7.62. The lowest BCUT2D eigenvalue weighted by atomic mass is 10.0. The van der Waals surface area contributed by atoms with Gasteiger partial charge in [0, 0.05) is 0 Å². The van der Waals surface area contributed by atoms with E-state index >= 15 is 0 Å². The normalized spacial score (nSPS) is 11.2. The third-order valence-electron chi connectivity index (χ3n) is 3.09. The van der Waals surface area contributed by atoms with Crippen LogP contribution in [0, 0.1) is 13.8 Å². The molecule has 0 radical (unpaired) electrons. The number of hydrogen-bond donors (Lipinski definition) is 2. The van der Waals surface area contributed by atoms with Crippen LogP contribution in [0.4, 0.5) is 5.69 Å². The highest BCUT2D eigenvalue weighted by atomic mass is 16.5. The van der Waals surface area contributed by atoms with Gasteiger partial charge in [0.15, 0.2) is 0 Å². The van der Waals surface area contributed by atoms with Gasteiger partial charge in [0.1, 0.15) is 5.75 Å². The minimum atomic E-state index is -0.623. The van der Waals surface area contributed by atoms with Crippen molar-refractivity contribution in [1.29, 1.82) is 0 Å². The lowest BCUT2D eigenvalue weighted by Crippen LogP contribution is -2.48. The number of nitrogens with one attached hydrogen (secondary N) is 2. The summed E-state index contributed by atoms with van der Waals surface area (Å²) in [7, 11) is 3.37. The van der Waals surface area contributed by atoms with E-state index in [-0.39, 0.29) is 5.91 Å². The Hall–Kier alpha value is -1.55. The molecule has 1 rings (SSSR count). The van der Waals surface area contributed by atoms with Crippen molar-refractivity contribution in [2.24, 2.45) is 0 Å². The summed E-state index contributed by atoms with van der Waals surface area (Å²) in [5.41, 5.74) is 2.21. The highest BCUT2D eigenvalue weighted by molar-refractivity contribution is 5.99. The van der Waals surface area contributed by atoms with E-state index in [9.17, 15) is 4.79 Å². The van der Waals surface area contributed by atoms with Crippen molar-refractivity contribution in [2.75, 3.05) is 19.5 Å². The summed E-state index contributed by atoms with van der Waals surface area (Å²) in [6.07, 6.45) is 0. The molecule has 0 aliphatic carbocycles. The van der Waals surface area contributed by atoms with Gasteiger partial charge in [-0.05, 0) is 51.9 Å². The Morgan fingerprint density at radius 2 is 1.89 bits per heavy atom. The Morgan fingerprint density at radius 1 is 1.28 bits per heavy atom. The zero-order valence-corrected chi connectivity index (χ0v) is 12.0. The number of aryl methyl sites for hydroxylation is 2. The number of ether oxygens (including phenoxy) is 1. The van der Waals surface area contributed by atoms with E-state index < -0.39 is 5.54 Å². The second kappa shape index (κ2) is 5.40. The number of methoxy groups -OCH3 is 1. The SMILES string of the molecule is CNC(C)(C)C(=O)Nc1c(C)cc(C)cc1OC. The van der Waals surface area contributed by atoms with Crippen LogP contribution in [-0.2, 0) is 4.79 Å². The number of carbonyl (C=O) groups excluding carboxylic acids is 1. The van der Waals surface area contributed by atoms with E-state index in [1.54, 1.807) is 14.2 Å². The fourth-order valence-corrected chi connectivity index (χ4v) is 1.63. The van der Waals surface area contributed by atoms with E-state index in [2.05, 4.69) is 10.6 Å². The Kier molecular flexibility index (Phi) is 4.35. The van der Waals surface area contributed by atoms with Gasteiger partial charge in [0.05, 0.1) is 18.3 Å². The van der Waals surface area contributed by atoms with Crippen molar-refractivity contribution in [3.05, 3.63) is 23.3 Å². The quantitative estimate of drug-likeness (QED) is 0.861. The van der Waals surface area contributed by atoms with Gasteiger partial charge in [0.25, 0.3) is 0 Å². The maximum Gasteiger partial charge on any atom is 0.244 e. The van der Waals surface area contributed by atoms with Crippen LogP contribution in [0.15, 0.2) is 12.1 Å². The van der Waals surface area contributed by atoms with Gasteiger partial charge in [-0.3, -0.25) is 4.79 Å². The number of likely N-dealkylation sites (N-methyl/N-ethyl adjacent to an activating group) is 1. The summed E-state index contributed by atoms with van der Waals surface area (Å²) in [5.74, 6) is 0.600. The van der Waals surface area contributed by atoms with Crippen LogP contribution in [0.3, 0.4) is 0 Å². The third kappa shape index (κ3) is 3.01. The van der Waals surface area contributed by atoms with Crippen molar-refractivity contribution in [3.8, 4) is 5.75 Å². The van der Waals surface area contributed by atoms with Crippen LogP contribution in [-0.4, -0.2) is 25.6 Å². The molecule has 0 saturated carbocycles. The van der Waals surface area contributed by atoms with Crippen LogP contribution in [0.5, 0.6) is 5.75 Å². The van der Waals surface area contributed by atoms with Crippen molar-refractivity contribution in [2.45, 2.75) is 33.2 Å². The first-order chi connectivity index (χ1) is 8.31. The first-order valence-electron chi connectivity index (χ1n) is 5.97. The van der Waals surface area contributed by atoms with Crippen molar-refractivity contribution in [3.63, 3.8) is 0 Å². The lowest BCUT2D eigenvalue weighted by Gasteiger charge is -2.24. The molecule has 0 unspecified atom stereocenters. The summed E-state index contributed by atoms with van der Waals surface area (Å²) >= 11 is 0. The van der Waals surface area contributed by atoms with Crippen molar-refractivity contribution >= 4 is 11.6 Å². The number of anilines is 1. The average Bonchev–Trinajstić information content (AvgIpc) is 2.31. The van der Waals surface area contributed by atoms with Crippen LogP contribution in [0.25, 0.3) is 0 Å². The zero-order valence-electron chi connectivity index (χ0n) is 12.0. The summed E-state index contributed by atoms with van der Waals surface area (Å²) in [5, 5.41) is 5.90. The first-order valence-corrected chi connectivity index (χ1v) is 5.97. The minimum Gasteiger partial charge on any atom is -0.495 e. The molecule has 1 aromatic carbocycles. The maximum absolute atomic E-state index is 12.1. The van der Waals surface area contributed by atoms with E-state index in [0.29, 0.717) is 5.75 Å². The maximum atomic E-state index is 12.1. The predicted octanol–water partition coefficient (Wildman–Crippen LogP) is 2.25. The van der Waals surface area contributed by atoms with Crippen molar-refractivity contribution < 1.29 is 9.53 Å². The Labute approximate surface area is 109 Å². The molecule has 4 heteroatoms. The smallest absolute Gasteiger partial charge is 0.244 e. The zero-order chi connectivity index (χ0) is 13.9. The number of carbonyl (C=O) groups is 1. The molecule has 0 atom stereocenters. The molecule has 0 heterocycles. The molecule has 0 aliphatic heterocycles. The van der Waals surface area contributed by atoms with E-state index in [4.69, 9.17) is 4.74 Å². The number of hydrogen-bond acceptors (Lipinski definition) is 3. The average molecular weight is 250 g/mol. The minimum absolute atomic E-state index is 0.0877. The molecule has 1 aromatic rings. The number of rotatable bonds is 4. The summed E-state index contributed by atoms with van der Waals surface area (Å²) < 4.78 is 5.32. The van der Waals surface area contributed by atoms with Gasteiger partial charge in [-0.1, -0.05) is 6.07 Å². The number of amides is 1. The van der Waals surface area contributed by atoms with Gasteiger partial charge >= 0.3 is 0 Å². The highest BCUT2D eigenvalue weighted by Gasteiger charge is 2.26. The molecular formula is C14H22N2O2. The monoisotopic (exact) mass is 250 g/mol. The summed E-state index contributed by atoms with van der Waals surface area (Å²) in [4.78, 5) is 12.1. The fourth-order valence-electron chi connectivity index (χ4n) is 1.63. The van der Waals surface area contributed by atoms with Crippen LogP contribution >= 0.6 is 0 Å². The summed E-state index contributed by atoms with van der Waals surface area (Å²) in [6, 6.07) is 3.93. The third-order valence-corrected chi connectivity index (χ3v) is 3.09. The Balaban J connectivity index is 3.08. The van der Waals surface area contributed by atoms with Gasteiger partial charge in [-0.25, -0.2) is 0 Å². The van der Waals surface area contributed by atoms with Gasteiger partial charge in [0.2, 0.25) is 5.91 Å². The molecule has 0 aromatic heterocycles. The van der Waals surface area contributed by atoms with Crippen LogP contribution < -0.4 is 15.4 Å². The van der Waals surface area contributed by atoms with Crippen LogP contribution in [0.1, 0.15) is 25.0 Å². The van der Waals surface area contributed by atoms with E-state index in [1.807, 2.05) is 39.8 Å². The second-order valence-electron chi connectivity index (χ2n) is 4.99. The topological polar surface area (TPSA) is 50.4 Å². The Morgan fingerprint density at radius 3 is 2.39 bits per heavy atom. The Bertz CT molecular complexity index is 453. The predicted molar refractivity (Wildman–Crippen MR) is 74.2 cm³/mol. The lowest BCUT2D eigenvalue weighted by molar-refractivity contribution is -0.121. The molecular weight excluding hydrogens is 228 g/mol. The molecule has 18 heavy (non-hydrogen) atoms. The molecule has 0 bridgehead atoms. The fraction of sp³-hybridized carbons (Fsp3) is 0.500. The second-order valence-corrected chi connectivity index (χ2v) is 4.99. The molecule has 2 N–H and O–H groups in total. The number of benzene rings is 1. The largest absolute Gasteiger partial charge is 0.495 e. The van der Waals surface area contributed by atoms with E-state index in [1.165, 1.54) is 0 Å². The molecule has 0 spiro atoms. The van der Waals surface area contributed by atoms with Crippen LogP contribution in [0.2, 0.25) is 0 Å². The molecule has 0 fully saturated rings. The molecule has 0 aliphatic rings. The van der Waals surface area contributed by atoms with E-state index in [0.717, 1.165) is 16.8 Å². The van der Waals surface area contributed by atoms with Crippen molar-refractivity contribution in [1.82, 2.24) is 5.32 Å². The van der Waals surface area contributed by atoms with Gasteiger partial charge < -0.3 is 15.4 Å². The standard InChI is InChI=1S/C14H22N2O2/c1-9-7-10(2)12(11(8-9)18-6)16-13(17)14(3,4)15-5/h7-8,15H,1-6H3,(H,16,17). The highest BCUT2D eigenvalue weighted by Crippen LogP contribution is 2.30. The molecule has 0 saturated heterocycles. The van der Waals surface area contributed by atoms with Gasteiger partial charge in [-0.15, -0.1) is 0 Å².